The zero-order valence-electron chi connectivity index (χ0n) is 23.0. The fourth-order valence-corrected chi connectivity index (χ4v) is 1.79. The Labute approximate surface area is 187 Å². The molecule has 0 amide bonds. The Morgan fingerprint density at radius 2 is 1.34 bits per heavy atom. The molecule has 0 spiro atoms. The van der Waals surface area contributed by atoms with Crippen LogP contribution < -0.4 is 0 Å². The maximum Gasteiger partial charge on any atom is 0.109 e. The topological polar surface area (TPSA) is 21.6 Å². The van der Waals surface area contributed by atoms with Gasteiger partial charge in [-0.1, -0.05) is 115 Å². The third kappa shape index (κ3) is 27.1. The van der Waals surface area contributed by atoms with Gasteiger partial charge in [-0.15, -0.1) is 0 Å². The summed E-state index contributed by atoms with van der Waals surface area (Å²) in [5.74, 6) is 1.20. The lowest BCUT2D eigenvalue weighted by atomic mass is 9.91. The number of hydrogen-bond acceptors (Lipinski definition) is 2. The van der Waals surface area contributed by atoms with Gasteiger partial charge in [-0.05, 0) is 38.5 Å². The van der Waals surface area contributed by atoms with Gasteiger partial charge >= 0.3 is 0 Å². The number of aliphatic imine (C=N–C) groups is 1. The first kappa shape index (κ1) is 38.7. The lowest BCUT2D eigenvalue weighted by Crippen LogP contribution is -2.34. The van der Waals surface area contributed by atoms with Gasteiger partial charge in [0.05, 0.1) is 12.3 Å². The first-order valence-corrected chi connectivity index (χ1v) is 12.1. The zero-order valence-corrected chi connectivity index (χ0v) is 23.0. The highest BCUT2D eigenvalue weighted by Crippen LogP contribution is 2.31. The molecule has 0 aromatic carbocycles. The Balaban J connectivity index is -0.000000122. The van der Waals surface area contributed by atoms with Crippen molar-refractivity contribution < 1.29 is 4.74 Å². The first-order chi connectivity index (χ1) is 13.6. The molecule has 1 unspecified atom stereocenters. The molecule has 0 heterocycles. The van der Waals surface area contributed by atoms with E-state index in [2.05, 4.69) is 73.5 Å². The van der Waals surface area contributed by atoms with Crippen LogP contribution in [0.15, 0.2) is 29.4 Å². The molecule has 2 nitrogen and oxygen atoms in total. The third-order valence-electron chi connectivity index (χ3n) is 3.71. The van der Waals surface area contributed by atoms with E-state index >= 15 is 0 Å². The Hall–Kier alpha value is -0.890. The van der Waals surface area contributed by atoms with Crippen LogP contribution in [0.5, 0.6) is 0 Å². The number of ether oxygens (including phenoxy) is 1. The van der Waals surface area contributed by atoms with Gasteiger partial charge in [-0.3, -0.25) is 4.99 Å². The van der Waals surface area contributed by atoms with Crippen molar-refractivity contribution in [2.45, 2.75) is 128 Å². The first-order valence-electron chi connectivity index (χ1n) is 12.1. The largest absolute Gasteiger partial charge is 0.368 e. The monoisotopic (exact) mass is 413 g/mol. The quantitative estimate of drug-likeness (QED) is 0.272. The van der Waals surface area contributed by atoms with Gasteiger partial charge in [0.25, 0.3) is 0 Å². The highest BCUT2D eigenvalue weighted by molar-refractivity contribution is 5.55. The predicted octanol–water partition coefficient (Wildman–Crippen LogP) is 9.90. The second-order valence-corrected chi connectivity index (χ2v) is 7.34. The summed E-state index contributed by atoms with van der Waals surface area (Å²) < 4.78 is 6.08. The molecule has 0 aliphatic carbocycles. The van der Waals surface area contributed by atoms with E-state index in [1.165, 1.54) is 12.0 Å². The molecule has 0 aliphatic heterocycles. The van der Waals surface area contributed by atoms with Crippen molar-refractivity contribution in [3.8, 4) is 0 Å². The average Bonchev–Trinajstić information content (AvgIpc) is 2.69. The molecule has 0 aromatic heterocycles. The molecule has 178 valence electrons. The molecule has 0 aliphatic rings. The molecule has 29 heavy (non-hydrogen) atoms. The minimum atomic E-state index is -0.258. The zero-order chi connectivity index (χ0) is 24.5. The maximum atomic E-state index is 6.08. The summed E-state index contributed by atoms with van der Waals surface area (Å²) in [6, 6.07) is 0. The normalized spacial score (nSPS) is 11.6. The van der Waals surface area contributed by atoms with Gasteiger partial charge in [0.2, 0.25) is 0 Å². The average molecular weight is 414 g/mol. The van der Waals surface area contributed by atoms with Crippen molar-refractivity contribution in [2.75, 3.05) is 6.61 Å². The fourth-order valence-electron chi connectivity index (χ4n) is 1.79. The van der Waals surface area contributed by atoms with Gasteiger partial charge in [0, 0.05) is 6.21 Å². The second kappa shape index (κ2) is 29.3. The maximum absolute atomic E-state index is 6.08. The summed E-state index contributed by atoms with van der Waals surface area (Å²) in [4.78, 5) is 4.32. The smallest absolute Gasteiger partial charge is 0.109 e. The van der Waals surface area contributed by atoms with E-state index in [-0.39, 0.29) is 5.60 Å². The molecule has 0 aromatic rings. The van der Waals surface area contributed by atoms with E-state index in [4.69, 9.17) is 4.74 Å². The van der Waals surface area contributed by atoms with Crippen molar-refractivity contribution in [3.63, 3.8) is 0 Å². The van der Waals surface area contributed by atoms with Gasteiger partial charge < -0.3 is 4.74 Å². The Kier molecular flexibility index (Phi) is 39.1. The molecule has 0 rings (SSSR count). The van der Waals surface area contributed by atoms with Crippen molar-refractivity contribution in [1.29, 1.82) is 0 Å². The van der Waals surface area contributed by atoms with Crippen molar-refractivity contribution in [1.82, 2.24) is 0 Å². The van der Waals surface area contributed by atoms with Crippen LogP contribution >= 0.6 is 0 Å². The molecular formula is C27H59NO. The summed E-state index contributed by atoms with van der Waals surface area (Å²) in [5.41, 5.74) is 1.86. The molecule has 1 atom stereocenters. The Morgan fingerprint density at radius 1 is 0.966 bits per heavy atom. The van der Waals surface area contributed by atoms with E-state index in [9.17, 15) is 0 Å². The van der Waals surface area contributed by atoms with E-state index < -0.39 is 0 Å². The third-order valence-corrected chi connectivity index (χ3v) is 3.71. The summed E-state index contributed by atoms with van der Waals surface area (Å²) in [5, 5.41) is 0. The fraction of sp³-hybridized carbons (Fsp3) is 0.815. The lowest BCUT2D eigenvalue weighted by molar-refractivity contribution is -0.0393. The summed E-state index contributed by atoms with van der Waals surface area (Å²) in [6.45, 7) is 37.7. The highest BCUT2D eigenvalue weighted by Gasteiger charge is 2.31. The molecule has 2 heteroatoms. The van der Waals surface area contributed by atoms with Crippen LogP contribution in [0.3, 0.4) is 0 Å². The SMILES string of the molecule is C=C(C)C(C)C.C=C(N=CC)C(CC)(CCC)OCC(C)C.CC.CC.CCC. The van der Waals surface area contributed by atoms with Crippen LogP contribution in [0, 0.1) is 11.8 Å². The molecular weight excluding hydrogens is 354 g/mol. The van der Waals surface area contributed by atoms with Crippen molar-refractivity contribution >= 4 is 6.21 Å². The van der Waals surface area contributed by atoms with Gasteiger partial charge in [0.15, 0.2) is 0 Å². The van der Waals surface area contributed by atoms with Crippen LogP contribution in [0.2, 0.25) is 0 Å². The van der Waals surface area contributed by atoms with Crippen LogP contribution in [-0.2, 0) is 4.74 Å². The Bertz CT molecular complexity index is 356. The van der Waals surface area contributed by atoms with Gasteiger partial charge in [0.1, 0.15) is 5.60 Å². The molecule has 0 N–H and O–H groups in total. The molecule has 0 saturated heterocycles. The molecule has 0 fully saturated rings. The molecule has 0 radical (unpaired) electrons. The summed E-state index contributed by atoms with van der Waals surface area (Å²) >= 11 is 0. The van der Waals surface area contributed by atoms with Crippen molar-refractivity contribution in [3.05, 3.63) is 24.4 Å². The molecule has 0 saturated carbocycles. The number of hydrogen-bond donors (Lipinski definition) is 0. The van der Waals surface area contributed by atoms with Gasteiger partial charge in [-0.25, -0.2) is 0 Å². The van der Waals surface area contributed by atoms with Crippen LogP contribution in [-0.4, -0.2) is 18.4 Å². The van der Waals surface area contributed by atoms with Crippen LogP contribution in [0.4, 0.5) is 0 Å². The summed E-state index contributed by atoms with van der Waals surface area (Å²) in [7, 11) is 0. The van der Waals surface area contributed by atoms with E-state index in [0.29, 0.717) is 11.8 Å². The summed E-state index contributed by atoms with van der Waals surface area (Å²) in [6.07, 6.45) is 6.06. The number of nitrogens with zero attached hydrogens (tertiary/aromatic N) is 1. The van der Waals surface area contributed by atoms with Crippen LogP contribution in [0.25, 0.3) is 0 Å². The Morgan fingerprint density at radius 3 is 1.55 bits per heavy atom. The van der Waals surface area contributed by atoms with E-state index in [0.717, 1.165) is 31.6 Å². The minimum absolute atomic E-state index is 0.258. The van der Waals surface area contributed by atoms with Crippen molar-refractivity contribution in [2.24, 2.45) is 16.8 Å². The molecule has 0 bridgehead atoms. The van der Waals surface area contributed by atoms with E-state index in [1.807, 2.05) is 41.5 Å². The number of rotatable bonds is 9. The minimum Gasteiger partial charge on any atom is -0.368 e. The van der Waals surface area contributed by atoms with Crippen LogP contribution in [0.1, 0.15) is 123 Å². The lowest BCUT2D eigenvalue weighted by Gasteiger charge is -2.33. The second-order valence-electron chi connectivity index (χ2n) is 7.34. The highest BCUT2D eigenvalue weighted by atomic mass is 16.5. The number of allylic oxidation sites excluding steroid dienone is 1. The standard InChI is InChI=1S/C14H27NO.C6H12.C3H8.2C2H6/c1-7-10-14(8-2,13(6)15-9-3)16-11-12(4)5;1-5(2)6(3)4;1-3-2;2*1-2/h9,12H,6-8,10-11H2,1-5H3;6H,1H2,2-4H3;3H2,1-2H3;2*1-2H3. The van der Waals surface area contributed by atoms with E-state index in [1.54, 1.807) is 6.21 Å². The van der Waals surface area contributed by atoms with Gasteiger partial charge in [-0.2, -0.15) is 0 Å². The predicted molar refractivity (Wildman–Crippen MR) is 140 cm³/mol.